The third-order valence-electron chi connectivity index (χ3n) is 3.86. The van der Waals surface area contributed by atoms with Gasteiger partial charge in [-0.2, -0.15) is 0 Å². The maximum absolute atomic E-state index is 12.2. The van der Waals surface area contributed by atoms with Crippen molar-refractivity contribution in [1.82, 2.24) is 0 Å². The molecule has 8 heteroatoms. The molecule has 0 saturated carbocycles. The first-order chi connectivity index (χ1) is 13.5. The molecule has 0 fully saturated rings. The van der Waals surface area contributed by atoms with Gasteiger partial charge in [0.1, 0.15) is 5.75 Å². The average Bonchev–Trinajstić information content (AvgIpc) is 3.05. The molecule has 2 aromatic rings. The number of rotatable bonds is 6. The van der Waals surface area contributed by atoms with Gasteiger partial charge in [-0.1, -0.05) is 6.07 Å². The Morgan fingerprint density at radius 2 is 1.68 bits per heavy atom. The van der Waals surface area contributed by atoms with Crippen molar-refractivity contribution in [2.75, 3.05) is 23.9 Å². The molecule has 1 aliphatic rings. The lowest BCUT2D eigenvalue weighted by Gasteiger charge is -2.14. The van der Waals surface area contributed by atoms with Gasteiger partial charge in [-0.15, -0.1) is 0 Å². The molecule has 0 saturated heterocycles. The highest BCUT2D eigenvalue weighted by Crippen LogP contribution is 2.21. The van der Waals surface area contributed by atoms with Crippen molar-refractivity contribution in [3.05, 3.63) is 66.2 Å². The lowest BCUT2D eigenvalue weighted by atomic mass is 10.2. The van der Waals surface area contributed by atoms with Crippen LogP contribution in [0.25, 0.3) is 0 Å². The minimum Gasteiger partial charge on any atom is -0.497 e. The number of benzene rings is 2. The SMILES string of the molecule is COc1ccc(NC(=O)COC(=O)c2cccc(N3C(=O)C=CC3=O)c2)cc1. The number of anilines is 2. The van der Waals surface area contributed by atoms with Crippen LogP contribution in [0.2, 0.25) is 0 Å². The Morgan fingerprint density at radius 1 is 1.00 bits per heavy atom. The molecule has 0 atom stereocenters. The number of amides is 3. The average molecular weight is 380 g/mol. The summed E-state index contributed by atoms with van der Waals surface area (Å²) in [6.07, 6.45) is 2.30. The summed E-state index contributed by atoms with van der Waals surface area (Å²) in [7, 11) is 1.54. The smallest absolute Gasteiger partial charge is 0.338 e. The van der Waals surface area contributed by atoms with E-state index in [0.29, 0.717) is 11.4 Å². The number of ether oxygens (including phenoxy) is 2. The summed E-state index contributed by atoms with van der Waals surface area (Å²) in [6.45, 7) is -0.488. The van der Waals surface area contributed by atoms with Gasteiger partial charge in [0, 0.05) is 17.8 Å². The van der Waals surface area contributed by atoms with E-state index in [0.717, 1.165) is 17.1 Å². The molecule has 0 aromatic heterocycles. The summed E-state index contributed by atoms with van der Waals surface area (Å²) < 4.78 is 10.0. The van der Waals surface area contributed by atoms with Crippen LogP contribution in [0.4, 0.5) is 11.4 Å². The van der Waals surface area contributed by atoms with Crippen molar-refractivity contribution in [2.24, 2.45) is 0 Å². The Balaban J connectivity index is 1.58. The number of methoxy groups -OCH3 is 1. The zero-order valence-corrected chi connectivity index (χ0v) is 14.9. The number of hydrogen-bond donors (Lipinski definition) is 1. The first-order valence-electron chi connectivity index (χ1n) is 8.25. The molecule has 3 rings (SSSR count). The number of hydrogen-bond acceptors (Lipinski definition) is 6. The van der Waals surface area contributed by atoms with Crippen LogP contribution in [0.15, 0.2) is 60.7 Å². The molecule has 0 spiro atoms. The van der Waals surface area contributed by atoms with Gasteiger partial charge in [0.05, 0.1) is 18.4 Å². The predicted octanol–water partition coefficient (Wildman–Crippen LogP) is 1.92. The first kappa shape index (κ1) is 18.8. The summed E-state index contributed by atoms with van der Waals surface area (Å²) in [6, 6.07) is 12.5. The fraction of sp³-hybridized carbons (Fsp3) is 0.100. The normalized spacial score (nSPS) is 12.8. The zero-order valence-electron chi connectivity index (χ0n) is 14.9. The number of nitrogens with one attached hydrogen (secondary N) is 1. The quantitative estimate of drug-likeness (QED) is 0.607. The molecule has 1 aliphatic heterocycles. The van der Waals surface area contributed by atoms with E-state index in [9.17, 15) is 19.2 Å². The Morgan fingerprint density at radius 3 is 2.32 bits per heavy atom. The molecule has 2 aromatic carbocycles. The van der Waals surface area contributed by atoms with Crippen LogP contribution in [0, 0.1) is 0 Å². The summed E-state index contributed by atoms with van der Waals surface area (Å²) >= 11 is 0. The zero-order chi connectivity index (χ0) is 20.1. The highest BCUT2D eigenvalue weighted by Gasteiger charge is 2.25. The van der Waals surface area contributed by atoms with Crippen molar-refractivity contribution < 1.29 is 28.7 Å². The first-order valence-corrected chi connectivity index (χ1v) is 8.25. The van der Waals surface area contributed by atoms with E-state index in [4.69, 9.17) is 9.47 Å². The van der Waals surface area contributed by atoms with E-state index in [1.165, 1.54) is 31.4 Å². The molecule has 0 aliphatic carbocycles. The van der Waals surface area contributed by atoms with Crippen molar-refractivity contribution in [1.29, 1.82) is 0 Å². The fourth-order valence-electron chi connectivity index (χ4n) is 2.51. The van der Waals surface area contributed by atoms with Crippen LogP contribution in [0.1, 0.15) is 10.4 Å². The Bertz CT molecular complexity index is 947. The summed E-state index contributed by atoms with van der Waals surface area (Å²) in [5.41, 5.74) is 0.891. The summed E-state index contributed by atoms with van der Waals surface area (Å²) in [5, 5.41) is 2.59. The van der Waals surface area contributed by atoms with Crippen LogP contribution in [-0.4, -0.2) is 37.4 Å². The summed E-state index contributed by atoms with van der Waals surface area (Å²) in [4.78, 5) is 48.5. The van der Waals surface area contributed by atoms with Crippen LogP contribution < -0.4 is 15.0 Å². The fourth-order valence-corrected chi connectivity index (χ4v) is 2.51. The lowest BCUT2D eigenvalue weighted by Crippen LogP contribution is -2.29. The second-order valence-electron chi connectivity index (χ2n) is 5.75. The molecular weight excluding hydrogens is 364 g/mol. The number of esters is 1. The van der Waals surface area contributed by atoms with Gasteiger partial charge >= 0.3 is 5.97 Å². The van der Waals surface area contributed by atoms with Crippen LogP contribution in [0.5, 0.6) is 5.75 Å². The highest BCUT2D eigenvalue weighted by atomic mass is 16.5. The molecule has 0 radical (unpaired) electrons. The molecule has 0 bridgehead atoms. The van der Waals surface area contributed by atoms with E-state index >= 15 is 0 Å². The van der Waals surface area contributed by atoms with Crippen molar-refractivity contribution in [2.45, 2.75) is 0 Å². The van der Waals surface area contributed by atoms with Crippen LogP contribution in [-0.2, 0) is 19.1 Å². The van der Waals surface area contributed by atoms with E-state index in [1.54, 1.807) is 24.3 Å². The molecule has 142 valence electrons. The standard InChI is InChI=1S/C20H16N2O6/c1-27-16-7-5-14(6-8-16)21-17(23)12-28-20(26)13-3-2-4-15(11-13)22-18(24)9-10-19(22)25/h2-11H,12H2,1H3,(H,21,23). The summed E-state index contributed by atoms with van der Waals surface area (Å²) in [5.74, 6) is -1.60. The van der Waals surface area contributed by atoms with Crippen LogP contribution in [0.3, 0.4) is 0 Å². The molecule has 1 heterocycles. The second-order valence-corrected chi connectivity index (χ2v) is 5.75. The number of carbonyl (C=O) groups is 4. The molecule has 0 unspecified atom stereocenters. The Labute approximate surface area is 160 Å². The molecular formula is C20H16N2O6. The number of imide groups is 1. The van der Waals surface area contributed by atoms with E-state index < -0.39 is 30.3 Å². The van der Waals surface area contributed by atoms with Gasteiger partial charge in [0.25, 0.3) is 17.7 Å². The van der Waals surface area contributed by atoms with Crippen molar-refractivity contribution >= 4 is 35.1 Å². The van der Waals surface area contributed by atoms with Crippen molar-refractivity contribution in [3.63, 3.8) is 0 Å². The van der Waals surface area contributed by atoms with Gasteiger partial charge in [-0.05, 0) is 42.5 Å². The molecule has 1 N–H and O–H groups in total. The lowest BCUT2D eigenvalue weighted by molar-refractivity contribution is -0.120. The highest BCUT2D eigenvalue weighted by molar-refractivity contribution is 6.28. The molecule has 28 heavy (non-hydrogen) atoms. The second kappa shape index (κ2) is 8.17. The maximum atomic E-state index is 12.2. The minimum absolute atomic E-state index is 0.113. The van der Waals surface area contributed by atoms with Crippen molar-refractivity contribution in [3.8, 4) is 5.75 Å². The van der Waals surface area contributed by atoms with E-state index in [1.807, 2.05) is 0 Å². The maximum Gasteiger partial charge on any atom is 0.338 e. The monoisotopic (exact) mass is 380 g/mol. The largest absolute Gasteiger partial charge is 0.497 e. The minimum atomic E-state index is -0.751. The van der Waals surface area contributed by atoms with Gasteiger partial charge in [0.15, 0.2) is 6.61 Å². The van der Waals surface area contributed by atoms with Gasteiger partial charge in [-0.3, -0.25) is 14.4 Å². The Hall–Kier alpha value is -3.94. The van der Waals surface area contributed by atoms with Crippen LogP contribution >= 0.6 is 0 Å². The third kappa shape index (κ3) is 4.24. The molecule has 3 amide bonds. The van der Waals surface area contributed by atoms with Gasteiger partial charge in [-0.25, -0.2) is 9.69 Å². The van der Waals surface area contributed by atoms with Gasteiger partial charge in [0.2, 0.25) is 0 Å². The topological polar surface area (TPSA) is 102 Å². The Kier molecular flexibility index (Phi) is 5.50. The third-order valence-corrected chi connectivity index (χ3v) is 3.86. The number of carbonyl (C=O) groups excluding carboxylic acids is 4. The molecule has 8 nitrogen and oxygen atoms in total. The number of nitrogens with zero attached hydrogens (tertiary/aromatic N) is 1. The van der Waals surface area contributed by atoms with E-state index in [2.05, 4.69) is 5.32 Å². The van der Waals surface area contributed by atoms with E-state index in [-0.39, 0.29) is 11.3 Å². The van der Waals surface area contributed by atoms with Gasteiger partial charge < -0.3 is 14.8 Å². The predicted molar refractivity (Wildman–Crippen MR) is 100.0 cm³/mol.